The molecule has 0 bridgehead atoms. The molecule has 2 aromatic carbocycles. The van der Waals surface area contributed by atoms with Crippen molar-refractivity contribution in [1.29, 1.82) is 0 Å². The summed E-state index contributed by atoms with van der Waals surface area (Å²) in [6.07, 6.45) is 0. The maximum absolute atomic E-state index is 13.6. The summed E-state index contributed by atoms with van der Waals surface area (Å²) in [5, 5.41) is 5.02. The highest BCUT2D eigenvalue weighted by Crippen LogP contribution is 2.15. The maximum Gasteiger partial charge on any atom is 0.318 e. The monoisotopic (exact) mass is 506 g/mol. The summed E-state index contributed by atoms with van der Waals surface area (Å²) in [6.45, 7) is 5.74. The van der Waals surface area contributed by atoms with E-state index in [2.05, 4.69) is 10.2 Å². The molecule has 36 heavy (non-hydrogen) atoms. The second-order valence-electron chi connectivity index (χ2n) is 8.83. The van der Waals surface area contributed by atoms with Crippen LogP contribution in [-0.4, -0.2) is 72.6 Å². The van der Waals surface area contributed by atoms with Crippen molar-refractivity contribution >= 4 is 23.3 Å². The lowest BCUT2D eigenvalue weighted by Gasteiger charge is -2.31. The van der Waals surface area contributed by atoms with Gasteiger partial charge in [-0.05, 0) is 22.6 Å². The Hall–Kier alpha value is -3.20. The van der Waals surface area contributed by atoms with E-state index < -0.39 is 0 Å². The summed E-state index contributed by atoms with van der Waals surface area (Å²) < 4.78 is 5.45. The number of nitrogens with one attached hydrogen (secondary N) is 1. The smallest absolute Gasteiger partial charge is 0.318 e. The van der Waals surface area contributed by atoms with Crippen molar-refractivity contribution < 1.29 is 14.3 Å². The number of rotatable bonds is 11. The molecule has 0 unspecified atom stereocenters. The Bertz CT molecular complexity index is 1060. The molecule has 1 saturated heterocycles. The number of nitrogens with zero attached hydrogens (tertiary/aromatic N) is 3. The molecule has 1 N–H and O–H groups in total. The molecule has 0 saturated carbocycles. The Morgan fingerprint density at radius 3 is 2.22 bits per heavy atom. The van der Waals surface area contributed by atoms with Gasteiger partial charge in [0.15, 0.2) is 0 Å². The van der Waals surface area contributed by atoms with Gasteiger partial charge in [0.2, 0.25) is 5.91 Å². The minimum absolute atomic E-state index is 0.0309. The number of thiophene rings is 1. The summed E-state index contributed by atoms with van der Waals surface area (Å²) >= 11 is 1.63. The van der Waals surface area contributed by atoms with Gasteiger partial charge in [0.05, 0.1) is 19.8 Å². The van der Waals surface area contributed by atoms with Crippen LogP contribution in [0.25, 0.3) is 0 Å². The van der Waals surface area contributed by atoms with Crippen molar-refractivity contribution in [2.75, 3.05) is 45.9 Å². The molecule has 3 amide bonds. The van der Waals surface area contributed by atoms with Crippen molar-refractivity contribution in [2.45, 2.75) is 19.6 Å². The summed E-state index contributed by atoms with van der Waals surface area (Å²) in [6, 6.07) is 23.6. The van der Waals surface area contributed by atoms with Crippen molar-refractivity contribution in [3.8, 4) is 0 Å². The first-order chi connectivity index (χ1) is 17.7. The van der Waals surface area contributed by atoms with Gasteiger partial charge in [0, 0.05) is 44.1 Å². The highest BCUT2D eigenvalue weighted by molar-refractivity contribution is 7.09. The third-order valence-electron chi connectivity index (χ3n) is 6.19. The molecule has 0 spiro atoms. The molecule has 0 radical (unpaired) electrons. The lowest BCUT2D eigenvalue weighted by atomic mass is 10.2. The van der Waals surface area contributed by atoms with E-state index in [1.807, 2.05) is 83.1 Å². The van der Waals surface area contributed by atoms with E-state index in [0.29, 0.717) is 45.9 Å². The zero-order chi connectivity index (χ0) is 25.0. The Balaban J connectivity index is 1.44. The number of benzene rings is 2. The SMILES string of the molecule is O=C(CN(CCN1CCOCC1)C(=O)NCc1ccccc1)N(Cc1ccccc1)Cc1cccs1. The van der Waals surface area contributed by atoms with Crippen molar-refractivity contribution in [3.05, 3.63) is 94.2 Å². The molecule has 1 fully saturated rings. The predicted molar refractivity (Wildman–Crippen MR) is 143 cm³/mol. The lowest BCUT2D eigenvalue weighted by Crippen LogP contribution is -2.49. The first kappa shape index (κ1) is 25.9. The van der Waals surface area contributed by atoms with Crippen molar-refractivity contribution in [3.63, 3.8) is 0 Å². The normalized spacial score (nSPS) is 13.8. The largest absolute Gasteiger partial charge is 0.379 e. The van der Waals surface area contributed by atoms with Gasteiger partial charge < -0.3 is 19.9 Å². The number of hydrogen-bond acceptors (Lipinski definition) is 5. The average molecular weight is 507 g/mol. The van der Waals surface area contributed by atoms with Crippen LogP contribution in [0.5, 0.6) is 0 Å². The third-order valence-corrected chi connectivity index (χ3v) is 7.05. The van der Waals surface area contributed by atoms with Crippen LogP contribution >= 0.6 is 11.3 Å². The van der Waals surface area contributed by atoms with Gasteiger partial charge in [-0.15, -0.1) is 11.3 Å². The first-order valence-corrected chi connectivity index (χ1v) is 13.3. The van der Waals surface area contributed by atoms with Crippen molar-refractivity contribution in [2.24, 2.45) is 0 Å². The standard InChI is InChI=1S/C28H34N4O3S/c33-27(32(22-26-12-7-19-36-26)21-25-10-5-2-6-11-25)23-31(14-13-30-15-17-35-18-16-30)28(34)29-20-24-8-3-1-4-9-24/h1-12,19H,13-18,20-23H2,(H,29,34). The fourth-order valence-electron chi connectivity index (χ4n) is 4.11. The Kier molecular flexibility index (Phi) is 9.90. The zero-order valence-corrected chi connectivity index (χ0v) is 21.4. The minimum Gasteiger partial charge on any atom is -0.379 e. The number of carbonyl (C=O) groups is 2. The van der Waals surface area contributed by atoms with E-state index in [9.17, 15) is 9.59 Å². The van der Waals surface area contributed by atoms with Crippen molar-refractivity contribution in [1.82, 2.24) is 20.0 Å². The topological polar surface area (TPSA) is 65.1 Å². The molecule has 0 aliphatic carbocycles. The number of amides is 3. The molecular formula is C28H34N4O3S. The van der Waals surface area contributed by atoms with Crippen LogP contribution in [0, 0.1) is 0 Å². The molecule has 7 nitrogen and oxygen atoms in total. The first-order valence-electron chi connectivity index (χ1n) is 12.4. The van der Waals surface area contributed by atoms with Crippen LogP contribution in [0.15, 0.2) is 78.2 Å². The van der Waals surface area contributed by atoms with E-state index in [1.54, 1.807) is 16.2 Å². The molecule has 2 heterocycles. The van der Waals surface area contributed by atoms with Crippen LogP contribution in [-0.2, 0) is 29.2 Å². The number of hydrogen-bond donors (Lipinski definition) is 1. The van der Waals surface area contributed by atoms with Gasteiger partial charge in [-0.25, -0.2) is 4.79 Å². The highest BCUT2D eigenvalue weighted by atomic mass is 32.1. The number of ether oxygens (including phenoxy) is 1. The molecule has 8 heteroatoms. The molecule has 4 rings (SSSR count). The van der Waals surface area contributed by atoms with E-state index in [-0.39, 0.29) is 18.5 Å². The summed E-state index contributed by atoms with van der Waals surface area (Å²) in [4.78, 5) is 33.7. The van der Waals surface area contributed by atoms with Crippen LogP contribution in [0.1, 0.15) is 16.0 Å². The third kappa shape index (κ3) is 8.19. The molecule has 1 aliphatic heterocycles. The fraction of sp³-hybridized carbons (Fsp3) is 0.357. The summed E-state index contributed by atoms with van der Waals surface area (Å²) in [5.74, 6) is -0.0657. The second kappa shape index (κ2) is 13.8. The van der Waals surface area contributed by atoms with Crippen LogP contribution < -0.4 is 5.32 Å². The van der Waals surface area contributed by atoms with E-state index >= 15 is 0 Å². The Morgan fingerprint density at radius 2 is 1.56 bits per heavy atom. The Labute approximate surface area is 217 Å². The molecule has 0 atom stereocenters. The fourth-order valence-corrected chi connectivity index (χ4v) is 4.83. The highest BCUT2D eigenvalue weighted by Gasteiger charge is 2.23. The number of urea groups is 1. The van der Waals surface area contributed by atoms with Crippen LogP contribution in [0.4, 0.5) is 4.79 Å². The van der Waals surface area contributed by atoms with Crippen LogP contribution in [0.2, 0.25) is 0 Å². The molecule has 1 aliphatic rings. The number of morpholine rings is 1. The molecule has 3 aromatic rings. The van der Waals surface area contributed by atoms with Gasteiger partial charge in [0.1, 0.15) is 6.54 Å². The zero-order valence-electron chi connectivity index (χ0n) is 20.6. The van der Waals surface area contributed by atoms with Gasteiger partial charge in [0.25, 0.3) is 0 Å². The summed E-state index contributed by atoms with van der Waals surface area (Å²) in [7, 11) is 0. The molecule has 190 valence electrons. The van der Waals surface area contributed by atoms with Gasteiger partial charge in [-0.1, -0.05) is 66.7 Å². The van der Waals surface area contributed by atoms with E-state index in [1.165, 1.54) is 0 Å². The van der Waals surface area contributed by atoms with Gasteiger partial charge in [-0.3, -0.25) is 9.69 Å². The lowest BCUT2D eigenvalue weighted by molar-refractivity contribution is -0.133. The van der Waals surface area contributed by atoms with Gasteiger partial charge >= 0.3 is 6.03 Å². The van der Waals surface area contributed by atoms with Gasteiger partial charge in [-0.2, -0.15) is 0 Å². The van der Waals surface area contributed by atoms with Crippen LogP contribution in [0.3, 0.4) is 0 Å². The molecule has 1 aromatic heterocycles. The quantitative estimate of drug-likeness (QED) is 0.430. The minimum atomic E-state index is -0.226. The predicted octanol–water partition coefficient (Wildman–Crippen LogP) is 3.82. The van der Waals surface area contributed by atoms with E-state index in [0.717, 1.165) is 29.1 Å². The Morgan fingerprint density at radius 1 is 0.861 bits per heavy atom. The maximum atomic E-state index is 13.6. The molecular weight excluding hydrogens is 472 g/mol. The van der Waals surface area contributed by atoms with E-state index in [4.69, 9.17) is 4.74 Å². The average Bonchev–Trinajstić information content (AvgIpc) is 3.44. The summed E-state index contributed by atoms with van der Waals surface area (Å²) in [5.41, 5.74) is 2.09. The number of carbonyl (C=O) groups excluding carboxylic acids is 2. The second-order valence-corrected chi connectivity index (χ2v) is 9.87.